The van der Waals surface area contributed by atoms with Crippen molar-refractivity contribution in [2.75, 3.05) is 13.1 Å². The first-order valence-electron chi connectivity index (χ1n) is 9.87. The molecule has 3 aromatic carbocycles. The van der Waals surface area contributed by atoms with Gasteiger partial charge in [-0.1, -0.05) is 54.6 Å². The lowest BCUT2D eigenvalue weighted by Crippen LogP contribution is -2.37. The second-order valence-corrected chi connectivity index (χ2v) is 7.49. The Morgan fingerprint density at radius 1 is 0.733 bits per heavy atom. The van der Waals surface area contributed by atoms with Crippen molar-refractivity contribution in [2.24, 2.45) is 0 Å². The van der Waals surface area contributed by atoms with E-state index < -0.39 is 0 Å². The molecule has 2 N–H and O–H groups in total. The fourth-order valence-corrected chi connectivity index (χ4v) is 3.69. The van der Waals surface area contributed by atoms with Crippen molar-refractivity contribution in [2.45, 2.75) is 6.54 Å². The monoisotopic (exact) mass is 397 g/mol. The molecule has 0 spiro atoms. The summed E-state index contributed by atoms with van der Waals surface area (Å²) in [6.45, 7) is 1.78. The summed E-state index contributed by atoms with van der Waals surface area (Å²) in [5, 5.41) is 19.5. The lowest BCUT2D eigenvalue weighted by Gasteiger charge is -2.30. The number of carbonyl (C=O) groups is 1. The van der Waals surface area contributed by atoms with E-state index in [1.165, 1.54) is 5.56 Å². The Kier molecular flexibility index (Phi) is 5.77. The highest BCUT2D eigenvalue weighted by Gasteiger charge is 2.26. The molecule has 0 atom stereocenters. The maximum absolute atomic E-state index is 13.2. The highest BCUT2D eigenvalue weighted by molar-refractivity contribution is 6.14. The molecule has 1 aliphatic heterocycles. The minimum atomic E-state index is -0.00834. The first-order chi connectivity index (χ1) is 14.6. The molecular weight excluding hydrogens is 374 g/mol. The fraction of sp³-hybridized carbons (Fsp3) is 0.115. The van der Waals surface area contributed by atoms with Gasteiger partial charge in [-0.3, -0.25) is 9.69 Å². The Hall–Kier alpha value is -3.63. The van der Waals surface area contributed by atoms with Gasteiger partial charge in [-0.15, -0.1) is 0 Å². The predicted octanol–water partition coefficient (Wildman–Crippen LogP) is 4.65. The van der Waals surface area contributed by atoms with Gasteiger partial charge in [0.25, 0.3) is 0 Å². The normalized spacial score (nSPS) is 17.5. The summed E-state index contributed by atoms with van der Waals surface area (Å²) >= 11 is 0. The Balaban J connectivity index is 1.69. The topological polar surface area (TPSA) is 60.8 Å². The Morgan fingerprint density at radius 3 is 1.77 bits per heavy atom. The van der Waals surface area contributed by atoms with Crippen molar-refractivity contribution in [3.8, 4) is 11.5 Å². The average Bonchev–Trinajstić information content (AvgIpc) is 2.72. The predicted molar refractivity (Wildman–Crippen MR) is 119 cm³/mol. The van der Waals surface area contributed by atoms with Crippen LogP contribution in [0.2, 0.25) is 0 Å². The number of Topliss-reactive ketones (excluding diaryl/α,β-unsaturated/α-hetero) is 1. The molecule has 4 rings (SSSR count). The van der Waals surface area contributed by atoms with Crippen molar-refractivity contribution in [3.63, 3.8) is 0 Å². The van der Waals surface area contributed by atoms with Gasteiger partial charge < -0.3 is 10.2 Å². The Labute approximate surface area is 176 Å². The second-order valence-electron chi connectivity index (χ2n) is 7.49. The fourth-order valence-electron chi connectivity index (χ4n) is 3.69. The van der Waals surface area contributed by atoms with Gasteiger partial charge in [-0.25, -0.2) is 0 Å². The SMILES string of the molecule is O=C1/C(=C/c2cccc(O)c2)CN(Cc2ccccc2)C/C1=C\c1cccc(O)c1. The summed E-state index contributed by atoms with van der Waals surface area (Å²) in [5.74, 6) is 0.333. The number of aromatic hydroxyl groups is 2. The summed E-state index contributed by atoms with van der Waals surface area (Å²) < 4.78 is 0. The van der Waals surface area contributed by atoms with Crippen molar-refractivity contribution >= 4 is 17.9 Å². The van der Waals surface area contributed by atoms with Gasteiger partial charge in [-0.2, -0.15) is 0 Å². The summed E-state index contributed by atoms with van der Waals surface area (Å²) in [6.07, 6.45) is 3.69. The molecule has 4 nitrogen and oxygen atoms in total. The molecule has 0 unspecified atom stereocenters. The van der Waals surface area contributed by atoms with Gasteiger partial charge in [0, 0.05) is 30.8 Å². The average molecular weight is 397 g/mol. The van der Waals surface area contributed by atoms with Crippen LogP contribution in [0.5, 0.6) is 11.5 Å². The van der Waals surface area contributed by atoms with Crippen LogP contribution in [0.15, 0.2) is 90.0 Å². The third-order valence-electron chi connectivity index (χ3n) is 5.04. The molecule has 1 heterocycles. The molecular formula is C26H23NO3. The number of piperidine rings is 1. The van der Waals surface area contributed by atoms with E-state index in [1.807, 2.05) is 42.5 Å². The summed E-state index contributed by atoms with van der Waals surface area (Å²) in [6, 6.07) is 24.0. The largest absolute Gasteiger partial charge is 0.508 e. The number of hydrogen-bond acceptors (Lipinski definition) is 4. The Morgan fingerprint density at radius 2 is 1.27 bits per heavy atom. The van der Waals surface area contributed by atoms with E-state index in [0.29, 0.717) is 24.2 Å². The van der Waals surface area contributed by atoms with Crippen molar-refractivity contribution in [3.05, 3.63) is 107 Å². The zero-order valence-corrected chi connectivity index (χ0v) is 16.5. The number of hydrogen-bond donors (Lipinski definition) is 2. The van der Waals surface area contributed by atoms with E-state index in [9.17, 15) is 15.0 Å². The molecule has 150 valence electrons. The minimum absolute atomic E-state index is 0.00834. The van der Waals surface area contributed by atoms with Crippen molar-refractivity contribution in [1.29, 1.82) is 0 Å². The van der Waals surface area contributed by atoms with E-state index in [-0.39, 0.29) is 17.3 Å². The first-order valence-corrected chi connectivity index (χ1v) is 9.87. The van der Waals surface area contributed by atoms with Crippen LogP contribution in [0.25, 0.3) is 12.2 Å². The molecule has 3 aromatic rings. The van der Waals surface area contributed by atoms with Gasteiger partial charge in [0.15, 0.2) is 5.78 Å². The molecule has 1 fully saturated rings. The van der Waals surface area contributed by atoms with Crippen LogP contribution < -0.4 is 0 Å². The lowest BCUT2D eigenvalue weighted by molar-refractivity contribution is -0.113. The quantitative estimate of drug-likeness (QED) is 0.629. The lowest BCUT2D eigenvalue weighted by atomic mass is 9.94. The summed E-state index contributed by atoms with van der Waals surface area (Å²) in [5.41, 5.74) is 4.11. The van der Waals surface area contributed by atoms with Gasteiger partial charge in [0.05, 0.1) is 0 Å². The molecule has 30 heavy (non-hydrogen) atoms. The number of carbonyl (C=O) groups excluding carboxylic acids is 1. The van der Waals surface area contributed by atoms with E-state index >= 15 is 0 Å². The molecule has 4 heteroatoms. The van der Waals surface area contributed by atoms with Crippen LogP contribution in [-0.4, -0.2) is 34.0 Å². The van der Waals surface area contributed by atoms with Crippen molar-refractivity contribution < 1.29 is 15.0 Å². The van der Waals surface area contributed by atoms with E-state index in [0.717, 1.165) is 17.7 Å². The molecule has 1 aliphatic rings. The maximum atomic E-state index is 13.2. The third-order valence-corrected chi connectivity index (χ3v) is 5.04. The number of phenols is 2. The van der Waals surface area contributed by atoms with Crippen LogP contribution in [0.3, 0.4) is 0 Å². The number of rotatable bonds is 4. The number of benzene rings is 3. The molecule has 0 amide bonds. The van der Waals surface area contributed by atoms with E-state index in [2.05, 4.69) is 17.0 Å². The zero-order chi connectivity index (χ0) is 20.9. The van der Waals surface area contributed by atoms with Crippen LogP contribution in [0.4, 0.5) is 0 Å². The summed E-state index contributed by atoms with van der Waals surface area (Å²) in [4.78, 5) is 15.4. The van der Waals surface area contributed by atoms with Gasteiger partial charge >= 0.3 is 0 Å². The first kappa shape index (κ1) is 19.7. The van der Waals surface area contributed by atoms with E-state index in [1.54, 1.807) is 36.4 Å². The highest BCUT2D eigenvalue weighted by atomic mass is 16.3. The standard InChI is InChI=1S/C26H23NO3/c28-24-10-4-8-20(14-24)12-22-17-27(16-19-6-2-1-3-7-19)18-23(26(22)30)13-21-9-5-11-25(29)15-21/h1-15,28-29H,16-18H2/b22-12+,23-13+. The zero-order valence-electron chi connectivity index (χ0n) is 16.5. The smallest absolute Gasteiger partial charge is 0.187 e. The molecule has 0 aromatic heterocycles. The number of likely N-dealkylation sites (tertiary alicyclic amines) is 1. The second kappa shape index (κ2) is 8.80. The van der Waals surface area contributed by atoms with Crippen LogP contribution in [0.1, 0.15) is 16.7 Å². The van der Waals surface area contributed by atoms with Crippen molar-refractivity contribution in [1.82, 2.24) is 4.90 Å². The van der Waals surface area contributed by atoms with Gasteiger partial charge in [-0.05, 0) is 53.1 Å². The molecule has 1 saturated heterocycles. The van der Waals surface area contributed by atoms with Crippen LogP contribution >= 0.6 is 0 Å². The van der Waals surface area contributed by atoms with E-state index in [4.69, 9.17) is 0 Å². The molecule has 0 saturated carbocycles. The number of ketones is 1. The third kappa shape index (κ3) is 4.85. The minimum Gasteiger partial charge on any atom is -0.508 e. The summed E-state index contributed by atoms with van der Waals surface area (Å²) in [7, 11) is 0. The molecule has 0 radical (unpaired) electrons. The number of phenolic OH excluding ortho intramolecular Hbond substituents is 2. The number of nitrogens with zero attached hydrogens (tertiary/aromatic N) is 1. The molecule has 0 aliphatic carbocycles. The van der Waals surface area contributed by atoms with Crippen LogP contribution in [-0.2, 0) is 11.3 Å². The maximum Gasteiger partial charge on any atom is 0.187 e. The Bertz CT molecular complexity index is 1050. The van der Waals surface area contributed by atoms with Gasteiger partial charge in [0.1, 0.15) is 11.5 Å². The molecule has 0 bridgehead atoms. The van der Waals surface area contributed by atoms with Crippen LogP contribution in [0, 0.1) is 0 Å². The van der Waals surface area contributed by atoms with Gasteiger partial charge in [0.2, 0.25) is 0 Å². The highest BCUT2D eigenvalue weighted by Crippen LogP contribution is 2.25.